The number of methoxy groups -OCH3 is 1. The van der Waals surface area contributed by atoms with Crippen molar-refractivity contribution in [2.45, 2.75) is 95.5 Å². The van der Waals surface area contributed by atoms with Crippen molar-refractivity contribution in [2.24, 2.45) is 23.7 Å². The van der Waals surface area contributed by atoms with Crippen LogP contribution in [0, 0.1) is 23.7 Å². The highest BCUT2D eigenvalue weighted by Crippen LogP contribution is 2.32. The fourth-order valence-electron chi connectivity index (χ4n) is 6.81. The van der Waals surface area contributed by atoms with Gasteiger partial charge in [0.05, 0.1) is 6.10 Å². The number of carboxylic acid groups (broad SMARTS) is 1. The molecule has 4 fully saturated rings. The van der Waals surface area contributed by atoms with E-state index in [-0.39, 0.29) is 6.29 Å². The normalized spacial score (nSPS) is 37.1. The molecular formula is C26H48N4O3. The lowest BCUT2D eigenvalue weighted by Crippen LogP contribution is -2.63. The smallest absolute Gasteiger partial charge is 0.303 e. The highest BCUT2D eigenvalue weighted by molar-refractivity contribution is 5.67. The molecule has 4 rings (SSSR count). The van der Waals surface area contributed by atoms with Crippen molar-refractivity contribution in [3.05, 3.63) is 0 Å². The molecule has 0 bridgehead atoms. The summed E-state index contributed by atoms with van der Waals surface area (Å²) in [6, 6.07) is 0.631. The maximum Gasteiger partial charge on any atom is 0.303 e. The third-order valence-corrected chi connectivity index (χ3v) is 9.16. The molecule has 2 saturated heterocycles. The molecule has 2 heterocycles. The topological polar surface area (TPSA) is 85.9 Å². The zero-order valence-electron chi connectivity index (χ0n) is 20.8. The van der Waals surface area contributed by atoms with Gasteiger partial charge in [-0.15, -0.1) is 0 Å². The van der Waals surface area contributed by atoms with E-state index in [4.69, 9.17) is 9.84 Å². The minimum Gasteiger partial charge on any atom is -0.481 e. The van der Waals surface area contributed by atoms with Gasteiger partial charge in [-0.25, -0.2) is 0 Å². The number of piperidine rings is 1. The Morgan fingerprint density at radius 3 is 2.18 bits per heavy atom. The Hall–Kier alpha value is -0.730. The van der Waals surface area contributed by atoms with E-state index < -0.39 is 5.97 Å². The molecule has 33 heavy (non-hydrogen) atoms. The minimum absolute atomic E-state index is 0.269. The predicted octanol–water partition coefficient (Wildman–Crippen LogP) is 3.01. The van der Waals surface area contributed by atoms with Crippen molar-refractivity contribution in [3.63, 3.8) is 0 Å². The van der Waals surface area contributed by atoms with E-state index in [9.17, 15) is 4.79 Å². The fraction of sp³-hybridized carbons (Fsp3) is 0.962. The van der Waals surface area contributed by atoms with Crippen LogP contribution in [0.25, 0.3) is 0 Å². The molecule has 0 aromatic rings. The highest BCUT2D eigenvalue weighted by atomic mass is 16.5. The number of carbonyl (C=O) groups is 1. The van der Waals surface area contributed by atoms with Crippen LogP contribution in [0.15, 0.2) is 0 Å². The molecule has 4 aliphatic rings. The van der Waals surface area contributed by atoms with Gasteiger partial charge in [-0.05, 0) is 114 Å². The minimum atomic E-state index is -0.637. The number of carboxylic acids is 1. The second-order valence-corrected chi connectivity index (χ2v) is 11.3. The van der Waals surface area contributed by atoms with Crippen molar-refractivity contribution in [3.8, 4) is 0 Å². The first-order valence-electron chi connectivity index (χ1n) is 13.8. The molecule has 0 spiro atoms. The van der Waals surface area contributed by atoms with E-state index in [0.717, 1.165) is 56.8 Å². The van der Waals surface area contributed by atoms with E-state index in [0.29, 0.717) is 24.5 Å². The Balaban J connectivity index is 1.05. The summed E-state index contributed by atoms with van der Waals surface area (Å²) in [5.74, 6) is 2.21. The molecule has 2 aliphatic heterocycles. The lowest BCUT2D eigenvalue weighted by atomic mass is 9.78. The van der Waals surface area contributed by atoms with Crippen LogP contribution in [0.2, 0.25) is 0 Å². The first kappa shape index (κ1) is 25.4. The summed E-state index contributed by atoms with van der Waals surface area (Å²) in [6.45, 7) is 5.63. The van der Waals surface area contributed by atoms with E-state index >= 15 is 0 Å². The van der Waals surface area contributed by atoms with Crippen LogP contribution in [-0.4, -0.2) is 74.2 Å². The van der Waals surface area contributed by atoms with Crippen LogP contribution in [0.1, 0.15) is 77.0 Å². The molecule has 4 N–H and O–H groups in total. The summed E-state index contributed by atoms with van der Waals surface area (Å²) in [4.78, 5) is 13.5. The van der Waals surface area contributed by atoms with Crippen molar-refractivity contribution >= 4 is 5.97 Å². The maximum atomic E-state index is 10.9. The Morgan fingerprint density at radius 1 is 0.909 bits per heavy atom. The maximum absolute atomic E-state index is 10.9. The van der Waals surface area contributed by atoms with Crippen molar-refractivity contribution in [2.75, 3.05) is 39.8 Å². The summed E-state index contributed by atoms with van der Waals surface area (Å²) in [6.07, 6.45) is 14.9. The summed E-state index contributed by atoms with van der Waals surface area (Å²) < 4.78 is 5.54. The SMILES string of the molecule is COC1CCC(C2CNC(NC3CCC(CCN4CCC(CC(=O)O)CC4)CC3)NC2)CC1. The fourth-order valence-corrected chi connectivity index (χ4v) is 6.81. The van der Waals surface area contributed by atoms with Crippen LogP contribution < -0.4 is 16.0 Å². The van der Waals surface area contributed by atoms with Gasteiger partial charge in [0.25, 0.3) is 0 Å². The second kappa shape index (κ2) is 12.8. The number of nitrogens with zero attached hydrogens (tertiary/aromatic N) is 1. The molecule has 2 saturated carbocycles. The van der Waals surface area contributed by atoms with E-state index in [1.807, 2.05) is 7.11 Å². The van der Waals surface area contributed by atoms with Crippen LogP contribution in [0.3, 0.4) is 0 Å². The van der Waals surface area contributed by atoms with Gasteiger partial charge in [-0.2, -0.15) is 0 Å². The number of likely N-dealkylation sites (tertiary alicyclic amines) is 1. The van der Waals surface area contributed by atoms with Crippen molar-refractivity contribution < 1.29 is 14.6 Å². The lowest BCUT2D eigenvalue weighted by molar-refractivity contribution is -0.138. The van der Waals surface area contributed by atoms with Gasteiger partial charge in [0.15, 0.2) is 0 Å². The molecule has 190 valence electrons. The molecule has 7 nitrogen and oxygen atoms in total. The van der Waals surface area contributed by atoms with Crippen molar-refractivity contribution in [1.82, 2.24) is 20.9 Å². The second-order valence-electron chi connectivity index (χ2n) is 11.3. The standard InChI is InChI=1S/C26H48N4O3/c1-33-24-8-4-21(5-9-24)22-17-27-26(28-18-22)29-23-6-2-19(3-7-23)10-13-30-14-11-20(12-15-30)16-25(31)32/h19-24,26-29H,2-18H2,1H3,(H,31,32). The molecule has 0 atom stereocenters. The first-order valence-corrected chi connectivity index (χ1v) is 13.8. The largest absolute Gasteiger partial charge is 0.481 e. The number of aliphatic carboxylic acids is 1. The number of ether oxygens (including phenoxy) is 1. The number of hydrogen-bond acceptors (Lipinski definition) is 6. The van der Waals surface area contributed by atoms with Crippen LogP contribution in [0.5, 0.6) is 0 Å². The predicted molar refractivity (Wildman–Crippen MR) is 131 cm³/mol. The lowest BCUT2D eigenvalue weighted by Gasteiger charge is -2.40. The van der Waals surface area contributed by atoms with Gasteiger partial charge in [0.1, 0.15) is 6.29 Å². The molecular weight excluding hydrogens is 416 g/mol. The third kappa shape index (κ3) is 7.89. The van der Waals surface area contributed by atoms with Gasteiger partial charge in [-0.3, -0.25) is 20.7 Å². The van der Waals surface area contributed by atoms with Gasteiger partial charge in [0, 0.05) is 32.7 Å². The van der Waals surface area contributed by atoms with Gasteiger partial charge in [0.2, 0.25) is 0 Å². The molecule has 7 heteroatoms. The third-order valence-electron chi connectivity index (χ3n) is 9.16. The van der Waals surface area contributed by atoms with Gasteiger partial charge >= 0.3 is 5.97 Å². The Bertz CT molecular complexity index is 574. The molecule has 0 aromatic heterocycles. The quantitative estimate of drug-likeness (QED) is 0.417. The van der Waals surface area contributed by atoms with Gasteiger partial charge in [-0.1, -0.05) is 0 Å². The summed E-state index contributed by atoms with van der Waals surface area (Å²) in [5, 5.41) is 20.3. The molecule has 2 aliphatic carbocycles. The van der Waals surface area contributed by atoms with E-state index in [1.165, 1.54) is 64.3 Å². The van der Waals surface area contributed by atoms with Crippen LogP contribution in [-0.2, 0) is 9.53 Å². The Kier molecular flexibility index (Phi) is 9.86. The summed E-state index contributed by atoms with van der Waals surface area (Å²) >= 11 is 0. The molecule has 0 unspecified atom stereocenters. The van der Waals surface area contributed by atoms with Crippen LogP contribution >= 0.6 is 0 Å². The Morgan fingerprint density at radius 2 is 1.58 bits per heavy atom. The monoisotopic (exact) mass is 464 g/mol. The first-order chi connectivity index (χ1) is 16.1. The zero-order chi connectivity index (χ0) is 23.0. The van der Waals surface area contributed by atoms with E-state index in [1.54, 1.807) is 0 Å². The number of nitrogens with one attached hydrogen (secondary N) is 3. The van der Waals surface area contributed by atoms with Gasteiger partial charge < -0.3 is 14.7 Å². The Labute approximate surface area is 200 Å². The summed E-state index contributed by atoms with van der Waals surface area (Å²) in [5.41, 5.74) is 0. The molecule has 0 radical (unpaired) electrons. The van der Waals surface area contributed by atoms with Crippen LogP contribution in [0.4, 0.5) is 0 Å². The van der Waals surface area contributed by atoms with Crippen molar-refractivity contribution in [1.29, 1.82) is 0 Å². The highest BCUT2D eigenvalue weighted by Gasteiger charge is 2.32. The molecule has 0 amide bonds. The zero-order valence-corrected chi connectivity index (χ0v) is 20.8. The van der Waals surface area contributed by atoms with E-state index in [2.05, 4.69) is 20.9 Å². The number of hydrogen-bond donors (Lipinski definition) is 4. The summed E-state index contributed by atoms with van der Waals surface area (Å²) in [7, 11) is 1.85. The molecule has 0 aromatic carbocycles. The number of rotatable bonds is 9. The average molecular weight is 465 g/mol. The average Bonchev–Trinajstić information content (AvgIpc) is 2.85.